The fraction of sp³-hybridized carbons (Fsp3) is 0.348. The van der Waals surface area contributed by atoms with Gasteiger partial charge in [0.1, 0.15) is 11.6 Å². The van der Waals surface area contributed by atoms with E-state index in [2.05, 4.69) is 17.2 Å². The molecule has 3 rings (SSSR count). The van der Waals surface area contributed by atoms with Crippen LogP contribution in [-0.2, 0) is 16.8 Å². The molecule has 1 aromatic carbocycles. The zero-order chi connectivity index (χ0) is 23.3. The number of aliphatic hydroxyl groups is 1. The van der Waals surface area contributed by atoms with E-state index >= 15 is 0 Å². The molecule has 1 aromatic heterocycles. The van der Waals surface area contributed by atoms with Crippen LogP contribution in [0.3, 0.4) is 0 Å². The Morgan fingerprint density at radius 2 is 2.03 bits per heavy atom. The predicted octanol–water partition coefficient (Wildman–Crippen LogP) is 3.09. The topological polar surface area (TPSA) is 90.6 Å². The number of carbonyl (C=O) groups is 1. The van der Waals surface area contributed by atoms with E-state index in [-0.39, 0.29) is 24.4 Å². The lowest BCUT2D eigenvalue weighted by molar-refractivity contribution is -0.120. The van der Waals surface area contributed by atoms with Gasteiger partial charge >= 0.3 is 0 Å². The maximum atomic E-state index is 13.5. The van der Waals surface area contributed by atoms with Crippen LogP contribution in [0.2, 0.25) is 0 Å². The first kappa shape index (κ1) is 24.1. The van der Waals surface area contributed by atoms with Gasteiger partial charge in [0.05, 0.1) is 23.4 Å². The Hall–Kier alpha value is -2.59. The summed E-state index contributed by atoms with van der Waals surface area (Å²) in [6, 6.07) is 4.50. The normalized spacial score (nSPS) is 16.5. The summed E-state index contributed by atoms with van der Waals surface area (Å²) in [5, 5.41) is 20.4. The minimum absolute atomic E-state index is 0.102. The summed E-state index contributed by atoms with van der Waals surface area (Å²) in [6.45, 7) is 5.17. The van der Waals surface area contributed by atoms with Crippen molar-refractivity contribution in [3.63, 3.8) is 0 Å². The lowest BCUT2D eigenvalue weighted by Gasteiger charge is -2.26. The number of allylic oxidation sites excluding steroid dienone is 2. The fourth-order valence-electron chi connectivity index (χ4n) is 3.56. The summed E-state index contributed by atoms with van der Waals surface area (Å²) in [7, 11) is 0. The molecule has 1 amide bonds. The van der Waals surface area contributed by atoms with E-state index in [9.17, 15) is 18.7 Å². The molecule has 0 spiro atoms. The third-order valence-electron chi connectivity index (χ3n) is 5.37. The zero-order valence-electron chi connectivity index (χ0n) is 17.9. The highest BCUT2D eigenvalue weighted by atomic mass is 32.1. The van der Waals surface area contributed by atoms with Gasteiger partial charge in [-0.1, -0.05) is 12.7 Å². The van der Waals surface area contributed by atoms with Crippen LogP contribution in [0.4, 0.5) is 14.5 Å². The number of anilines is 1. The third kappa shape index (κ3) is 6.23. The maximum absolute atomic E-state index is 13.5. The third-order valence-corrected chi connectivity index (χ3v) is 6.49. The second-order valence-corrected chi connectivity index (χ2v) is 8.88. The van der Waals surface area contributed by atoms with Gasteiger partial charge in [0.2, 0.25) is 5.91 Å². The van der Waals surface area contributed by atoms with E-state index in [0.717, 1.165) is 29.5 Å². The molecule has 172 valence electrons. The van der Waals surface area contributed by atoms with Crippen molar-refractivity contribution in [3.8, 4) is 0 Å². The lowest BCUT2D eigenvalue weighted by atomic mass is 10.00. The van der Waals surface area contributed by atoms with Crippen LogP contribution in [0.5, 0.6) is 0 Å². The fourth-order valence-corrected chi connectivity index (χ4v) is 4.68. The molecule has 0 aliphatic heterocycles. The zero-order valence-corrected chi connectivity index (χ0v) is 18.7. The van der Waals surface area contributed by atoms with Gasteiger partial charge in [-0.05, 0) is 49.1 Å². The number of aliphatic hydroxyl groups excluding tert-OH is 1. The van der Waals surface area contributed by atoms with Gasteiger partial charge in [0.15, 0.2) is 0 Å². The molecule has 2 unspecified atom stereocenters. The van der Waals surface area contributed by atoms with Crippen molar-refractivity contribution in [3.05, 3.63) is 76.7 Å². The molecule has 0 radical (unpaired) electrons. The van der Waals surface area contributed by atoms with Crippen molar-refractivity contribution in [2.75, 3.05) is 11.6 Å². The number of nitrogens with one attached hydrogen (secondary N) is 2. The molecular formula is C23H28F2N4O2S. The molecule has 1 aliphatic carbocycles. The summed E-state index contributed by atoms with van der Waals surface area (Å²) in [5.41, 5.74) is 0.958. The largest absolute Gasteiger partial charge is 0.390 e. The van der Waals surface area contributed by atoms with Crippen LogP contribution < -0.4 is 21.5 Å². The number of rotatable bonds is 11. The predicted molar refractivity (Wildman–Crippen MR) is 123 cm³/mol. The molecular weight excluding hydrogens is 434 g/mol. The maximum Gasteiger partial charge on any atom is 0.217 e. The number of benzene rings is 1. The number of nitrogens with zero attached hydrogens (tertiary/aromatic N) is 1. The SMILES string of the molecule is C=C/C=C\N(N)c1csc(C2(NCC(O)C(Cc3cc(F)cc(F)c3)NC(C)=O)CC2)c1. The van der Waals surface area contributed by atoms with E-state index in [0.29, 0.717) is 5.56 Å². The van der Waals surface area contributed by atoms with E-state index in [1.165, 1.54) is 24.1 Å². The molecule has 32 heavy (non-hydrogen) atoms. The molecule has 2 aromatic rings. The van der Waals surface area contributed by atoms with Gasteiger partial charge in [-0.25, -0.2) is 14.6 Å². The number of hydrogen-bond acceptors (Lipinski definition) is 6. The Morgan fingerprint density at radius 1 is 1.34 bits per heavy atom. The molecule has 6 nitrogen and oxygen atoms in total. The monoisotopic (exact) mass is 462 g/mol. The van der Waals surface area contributed by atoms with Crippen LogP contribution in [0, 0.1) is 11.6 Å². The number of nitrogens with two attached hydrogens (primary N) is 1. The Kier molecular flexibility index (Phi) is 7.78. The number of hydrogen-bond donors (Lipinski definition) is 4. The van der Waals surface area contributed by atoms with Crippen LogP contribution in [-0.4, -0.2) is 29.7 Å². The van der Waals surface area contributed by atoms with Crippen molar-refractivity contribution >= 4 is 22.9 Å². The molecule has 5 N–H and O–H groups in total. The Morgan fingerprint density at radius 3 is 2.62 bits per heavy atom. The standard InChI is InChI=1S/C23H28F2N4O2S/c1-3-4-7-29(26)19-12-22(32-14-19)23(5-6-23)27-13-21(31)20(28-15(2)30)10-16-8-17(24)11-18(25)9-16/h3-4,7-9,11-12,14,20-21,27,31H,1,5-6,10,13,26H2,2H3,(H,28,30)/b7-4-. The first-order valence-electron chi connectivity index (χ1n) is 10.3. The highest BCUT2D eigenvalue weighted by Crippen LogP contribution is 2.48. The smallest absolute Gasteiger partial charge is 0.217 e. The van der Waals surface area contributed by atoms with Gasteiger partial charge < -0.3 is 15.7 Å². The molecule has 0 saturated heterocycles. The second kappa shape index (κ2) is 10.4. The molecule has 1 aliphatic rings. The molecule has 2 atom stereocenters. The van der Waals surface area contributed by atoms with Crippen molar-refractivity contribution in [2.45, 2.75) is 43.9 Å². The first-order valence-corrected chi connectivity index (χ1v) is 11.2. The summed E-state index contributed by atoms with van der Waals surface area (Å²) >= 11 is 1.58. The van der Waals surface area contributed by atoms with Gasteiger partial charge in [-0.2, -0.15) is 0 Å². The number of thiophene rings is 1. The lowest BCUT2D eigenvalue weighted by Crippen LogP contribution is -2.49. The minimum Gasteiger partial charge on any atom is -0.390 e. The number of hydrazine groups is 1. The van der Waals surface area contributed by atoms with E-state index in [1.54, 1.807) is 29.7 Å². The Balaban J connectivity index is 1.65. The highest BCUT2D eigenvalue weighted by molar-refractivity contribution is 7.10. The highest BCUT2D eigenvalue weighted by Gasteiger charge is 2.45. The average Bonchev–Trinajstić information content (AvgIpc) is 3.34. The van der Waals surface area contributed by atoms with Crippen LogP contribution in [0.25, 0.3) is 0 Å². The molecule has 9 heteroatoms. The average molecular weight is 463 g/mol. The molecule has 1 heterocycles. The molecule has 1 saturated carbocycles. The van der Waals surface area contributed by atoms with E-state index in [1.807, 2.05) is 11.4 Å². The molecule has 0 bridgehead atoms. The number of halogens is 2. The van der Waals surface area contributed by atoms with Crippen LogP contribution >= 0.6 is 11.3 Å². The van der Waals surface area contributed by atoms with Crippen molar-refractivity contribution in [2.24, 2.45) is 5.84 Å². The van der Waals surface area contributed by atoms with Gasteiger partial charge in [-0.3, -0.25) is 9.80 Å². The summed E-state index contributed by atoms with van der Waals surface area (Å²) in [5.74, 6) is 4.29. The van der Waals surface area contributed by atoms with Crippen molar-refractivity contribution in [1.29, 1.82) is 0 Å². The summed E-state index contributed by atoms with van der Waals surface area (Å²) in [6.07, 6.45) is 6.06. The van der Waals surface area contributed by atoms with Gasteiger partial charge in [0.25, 0.3) is 0 Å². The van der Waals surface area contributed by atoms with Crippen molar-refractivity contribution in [1.82, 2.24) is 10.6 Å². The Labute approximate surface area is 190 Å². The number of carbonyl (C=O) groups excluding carboxylic acids is 1. The number of amides is 1. The first-order chi connectivity index (χ1) is 15.2. The van der Waals surface area contributed by atoms with Crippen LogP contribution in [0.1, 0.15) is 30.2 Å². The summed E-state index contributed by atoms with van der Waals surface area (Å²) in [4.78, 5) is 12.7. The van der Waals surface area contributed by atoms with Gasteiger partial charge in [0, 0.05) is 36.0 Å². The Bertz CT molecular complexity index is 970. The van der Waals surface area contributed by atoms with E-state index in [4.69, 9.17) is 5.84 Å². The quantitative estimate of drug-likeness (QED) is 0.234. The summed E-state index contributed by atoms with van der Waals surface area (Å²) < 4.78 is 27.1. The van der Waals surface area contributed by atoms with Crippen molar-refractivity contribution < 1.29 is 18.7 Å². The van der Waals surface area contributed by atoms with Crippen LogP contribution in [0.15, 0.2) is 54.6 Å². The van der Waals surface area contributed by atoms with Gasteiger partial charge in [-0.15, -0.1) is 11.3 Å². The van der Waals surface area contributed by atoms with E-state index < -0.39 is 23.8 Å². The molecule has 1 fully saturated rings. The second-order valence-electron chi connectivity index (χ2n) is 7.97. The minimum atomic E-state index is -0.955.